The largest absolute Gasteiger partial charge is 0.394 e. The lowest BCUT2D eigenvalue weighted by molar-refractivity contribution is 0.599. The highest BCUT2D eigenvalue weighted by Gasteiger charge is 2.24. The molecule has 98 valence electrons. The monoisotopic (exact) mass is 270 g/mol. The average molecular weight is 270 g/mol. The summed E-state index contributed by atoms with van der Waals surface area (Å²) in [4.78, 5) is 0.128. The zero-order valence-corrected chi connectivity index (χ0v) is 11.0. The van der Waals surface area contributed by atoms with E-state index in [1.54, 1.807) is 20.9 Å². The first kappa shape index (κ1) is 12.4. The molecule has 0 atom stereocenters. The van der Waals surface area contributed by atoms with Gasteiger partial charge in [-0.05, 0) is 13.8 Å². The van der Waals surface area contributed by atoms with Gasteiger partial charge in [0, 0.05) is 7.05 Å². The fraction of sp³-hybridized carbons (Fsp3) is 0.333. The molecule has 8 nitrogen and oxygen atoms in total. The van der Waals surface area contributed by atoms with Crippen LogP contribution < -0.4 is 10.5 Å². The quantitative estimate of drug-likeness (QED) is 0.733. The molecule has 18 heavy (non-hydrogen) atoms. The summed E-state index contributed by atoms with van der Waals surface area (Å²) in [5.74, 6) is 0.231. The van der Waals surface area contributed by atoms with Crippen LogP contribution in [-0.4, -0.2) is 28.4 Å². The van der Waals surface area contributed by atoms with Crippen LogP contribution in [0.2, 0.25) is 0 Å². The lowest BCUT2D eigenvalue weighted by Gasteiger charge is -2.09. The van der Waals surface area contributed by atoms with Gasteiger partial charge in [0.2, 0.25) is 0 Å². The van der Waals surface area contributed by atoms with Crippen molar-refractivity contribution in [2.24, 2.45) is 7.05 Å². The SMILES string of the molecule is Cc1n[nH]c(C)c1S(=O)(=O)Nc1c(N)cnn1C. The standard InChI is InChI=1S/C9H14N6O2S/c1-5-8(6(2)13-12-5)18(16,17)14-9-7(10)4-11-15(9)3/h4,14H,10H2,1-3H3,(H,12,13). The molecule has 0 spiro atoms. The fourth-order valence-corrected chi connectivity index (χ4v) is 3.18. The highest BCUT2D eigenvalue weighted by atomic mass is 32.2. The minimum absolute atomic E-state index is 0.128. The number of nitrogens with one attached hydrogen (secondary N) is 2. The van der Waals surface area contributed by atoms with Crippen LogP contribution in [0.25, 0.3) is 0 Å². The smallest absolute Gasteiger partial charge is 0.266 e. The Kier molecular flexibility index (Phi) is 2.77. The van der Waals surface area contributed by atoms with E-state index < -0.39 is 10.0 Å². The Labute approximate surface area is 104 Å². The summed E-state index contributed by atoms with van der Waals surface area (Å²) in [7, 11) is -2.13. The summed E-state index contributed by atoms with van der Waals surface area (Å²) in [6.45, 7) is 3.26. The Balaban J connectivity index is 2.46. The number of hydrogen-bond donors (Lipinski definition) is 3. The van der Waals surface area contributed by atoms with Gasteiger partial charge in [-0.2, -0.15) is 10.2 Å². The summed E-state index contributed by atoms with van der Waals surface area (Å²) >= 11 is 0. The Morgan fingerprint density at radius 3 is 2.56 bits per heavy atom. The second kappa shape index (κ2) is 4.02. The number of nitrogen functional groups attached to an aromatic ring is 1. The molecule has 0 saturated carbocycles. The Morgan fingerprint density at radius 2 is 2.11 bits per heavy atom. The van der Waals surface area contributed by atoms with Crippen LogP contribution in [0.5, 0.6) is 0 Å². The Morgan fingerprint density at radius 1 is 1.44 bits per heavy atom. The number of rotatable bonds is 3. The maximum atomic E-state index is 12.2. The molecule has 0 bridgehead atoms. The normalized spacial score (nSPS) is 11.7. The van der Waals surface area contributed by atoms with E-state index in [1.807, 2.05) is 0 Å². The molecule has 0 aliphatic heterocycles. The second-order valence-corrected chi connectivity index (χ2v) is 5.56. The molecular weight excluding hydrogens is 256 g/mol. The summed E-state index contributed by atoms with van der Waals surface area (Å²) in [6.07, 6.45) is 1.38. The molecule has 0 amide bonds. The van der Waals surface area contributed by atoms with Gasteiger partial charge in [-0.1, -0.05) is 0 Å². The van der Waals surface area contributed by atoms with E-state index >= 15 is 0 Å². The zero-order chi connectivity index (χ0) is 13.5. The van der Waals surface area contributed by atoms with Gasteiger partial charge in [-0.3, -0.25) is 14.5 Å². The Hall–Kier alpha value is -2.03. The fourth-order valence-electron chi connectivity index (χ4n) is 1.69. The van der Waals surface area contributed by atoms with E-state index in [2.05, 4.69) is 20.0 Å². The predicted octanol–water partition coefficient (Wildman–Crippen LogP) is 0.143. The van der Waals surface area contributed by atoms with Gasteiger partial charge in [-0.15, -0.1) is 0 Å². The van der Waals surface area contributed by atoms with Crippen molar-refractivity contribution in [3.8, 4) is 0 Å². The molecule has 0 saturated heterocycles. The lowest BCUT2D eigenvalue weighted by atomic mass is 10.4. The number of aromatic nitrogens is 4. The topological polar surface area (TPSA) is 119 Å². The Bertz CT molecular complexity index is 645. The summed E-state index contributed by atoms with van der Waals surface area (Å²) in [6, 6.07) is 0. The summed E-state index contributed by atoms with van der Waals surface area (Å²) in [5.41, 5.74) is 6.78. The minimum atomic E-state index is -3.73. The van der Waals surface area contributed by atoms with Crippen molar-refractivity contribution in [2.45, 2.75) is 18.7 Å². The highest BCUT2D eigenvalue weighted by molar-refractivity contribution is 7.92. The number of anilines is 2. The van der Waals surface area contributed by atoms with Gasteiger partial charge >= 0.3 is 0 Å². The second-order valence-electron chi connectivity index (χ2n) is 3.94. The third-order valence-corrected chi connectivity index (χ3v) is 4.13. The van der Waals surface area contributed by atoms with Gasteiger partial charge in [0.05, 0.1) is 23.3 Å². The van der Waals surface area contributed by atoms with Crippen molar-refractivity contribution >= 4 is 21.5 Å². The molecule has 0 aliphatic carbocycles. The molecule has 0 unspecified atom stereocenters. The van der Waals surface area contributed by atoms with Crippen molar-refractivity contribution in [2.75, 3.05) is 10.5 Å². The van der Waals surface area contributed by atoms with Gasteiger partial charge in [0.15, 0.2) is 5.82 Å². The molecule has 9 heteroatoms. The highest BCUT2D eigenvalue weighted by Crippen LogP contribution is 2.23. The van der Waals surface area contributed by atoms with Crippen LogP contribution in [0.1, 0.15) is 11.4 Å². The van der Waals surface area contributed by atoms with E-state index in [-0.39, 0.29) is 16.4 Å². The number of aryl methyl sites for hydroxylation is 3. The molecule has 0 aromatic carbocycles. The van der Waals surface area contributed by atoms with E-state index in [1.165, 1.54) is 10.9 Å². The summed E-state index contributed by atoms with van der Waals surface area (Å²) < 4.78 is 28.2. The van der Waals surface area contributed by atoms with Crippen LogP contribution >= 0.6 is 0 Å². The van der Waals surface area contributed by atoms with Crippen molar-refractivity contribution in [3.63, 3.8) is 0 Å². The number of H-pyrrole nitrogens is 1. The number of sulfonamides is 1. The molecule has 2 aromatic rings. The van der Waals surface area contributed by atoms with Crippen LogP contribution in [0.3, 0.4) is 0 Å². The molecule has 0 fully saturated rings. The maximum Gasteiger partial charge on any atom is 0.266 e. The van der Waals surface area contributed by atoms with Gasteiger partial charge in [-0.25, -0.2) is 8.42 Å². The third-order valence-electron chi connectivity index (χ3n) is 2.53. The van der Waals surface area contributed by atoms with Gasteiger partial charge in [0.1, 0.15) is 4.90 Å². The first-order valence-electron chi connectivity index (χ1n) is 5.15. The first-order chi connectivity index (χ1) is 8.33. The van der Waals surface area contributed by atoms with Crippen molar-refractivity contribution in [3.05, 3.63) is 17.6 Å². The summed E-state index contributed by atoms with van der Waals surface area (Å²) in [5, 5.41) is 10.4. The van der Waals surface area contributed by atoms with E-state index in [0.29, 0.717) is 11.4 Å². The van der Waals surface area contributed by atoms with Crippen LogP contribution in [-0.2, 0) is 17.1 Å². The van der Waals surface area contributed by atoms with Crippen molar-refractivity contribution in [1.82, 2.24) is 20.0 Å². The number of hydrogen-bond acceptors (Lipinski definition) is 5. The maximum absolute atomic E-state index is 12.2. The lowest BCUT2D eigenvalue weighted by Crippen LogP contribution is -2.17. The zero-order valence-electron chi connectivity index (χ0n) is 10.2. The molecule has 0 radical (unpaired) electrons. The van der Waals surface area contributed by atoms with Crippen LogP contribution in [0.15, 0.2) is 11.1 Å². The molecular formula is C9H14N6O2S. The molecule has 2 aromatic heterocycles. The van der Waals surface area contributed by atoms with Crippen molar-refractivity contribution < 1.29 is 8.42 Å². The predicted molar refractivity (Wildman–Crippen MR) is 66.5 cm³/mol. The van der Waals surface area contributed by atoms with E-state index in [9.17, 15) is 8.42 Å². The van der Waals surface area contributed by atoms with Gasteiger partial charge < -0.3 is 5.73 Å². The van der Waals surface area contributed by atoms with Crippen molar-refractivity contribution in [1.29, 1.82) is 0 Å². The van der Waals surface area contributed by atoms with Gasteiger partial charge in [0.25, 0.3) is 10.0 Å². The molecule has 2 rings (SSSR count). The minimum Gasteiger partial charge on any atom is -0.394 e. The number of nitrogens with two attached hydrogens (primary N) is 1. The van der Waals surface area contributed by atoms with Crippen LogP contribution in [0, 0.1) is 13.8 Å². The number of aromatic amines is 1. The number of nitrogens with zero attached hydrogens (tertiary/aromatic N) is 3. The molecule has 4 N–H and O–H groups in total. The molecule has 2 heterocycles. The van der Waals surface area contributed by atoms with E-state index in [0.717, 1.165) is 0 Å². The molecule has 0 aliphatic rings. The van der Waals surface area contributed by atoms with E-state index in [4.69, 9.17) is 5.73 Å². The average Bonchev–Trinajstić information content (AvgIpc) is 2.76. The first-order valence-corrected chi connectivity index (χ1v) is 6.63. The third kappa shape index (κ3) is 1.92. The van der Waals surface area contributed by atoms with Crippen LogP contribution in [0.4, 0.5) is 11.5 Å².